The summed E-state index contributed by atoms with van der Waals surface area (Å²) in [7, 11) is 0. The zero-order chi connectivity index (χ0) is 10.5. The summed E-state index contributed by atoms with van der Waals surface area (Å²) in [5.74, 6) is 0.589. The van der Waals surface area contributed by atoms with E-state index in [1.165, 1.54) is 6.33 Å². The van der Waals surface area contributed by atoms with Crippen molar-refractivity contribution in [2.24, 2.45) is 0 Å². The minimum atomic E-state index is 0.476. The molecule has 0 atom stereocenters. The Balaban J connectivity index is 1.99. The molecule has 2 heterocycles. The van der Waals surface area contributed by atoms with Crippen LogP contribution in [0, 0.1) is 6.92 Å². The number of hydrogen-bond donors (Lipinski definition) is 0. The second-order valence-corrected chi connectivity index (χ2v) is 3.15. The van der Waals surface area contributed by atoms with Crippen LogP contribution in [0.1, 0.15) is 11.3 Å². The highest BCUT2D eigenvalue weighted by Gasteiger charge is 1.97. The fourth-order valence-corrected chi connectivity index (χ4v) is 1.15. The number of rotatable bonds is 3. The van der Waals surface area contributed by atoms with Crippen LogP contribution in [0.2, 0.25) is 0 Å². The molecule has 0 saturated carbocycles. The minimum Gasteiger partial charge on any atom is -0.473 e. The maximum Gasteiger partial charge on any atom is 0.216 e. The minimum absolute atomic E-state index is 0.476. The van der Waals surface area contributed by atoms with E-state index in [9.17, 15) is 0 Å². The molecule has 0 radical (unpaired) electrons. The quantitative estimate of drug-likeness (QED) is 0.759. The van der Waals surface area contributed by atoms with Gasteiger partial charge in [-0.15, -0.1) is 0 Å². The van der Waals surface area contributed by atoms with Crippen molar-refractivity contribution < 1.29 is 4.74 Å². The summed E-state index contributed by atoms with van der Waals surface area (Å²) in [6.07, 6.45) is 5.00. The van der Waals surface area contributed by atoms with Gasteiger partial charge in [0.2, 0.25) is 5.88 Å². The summed E-state index contributed by atoms with van der Waals surface area (Å²) in [6, 6.07) is 5.64. The molecule has 0 aromatic carbocycles. The standard InChI is InChI=1S/C11H11N3O/c1-9-5-11(14-8-13-9)15-7-10-3-2-4-12-6-10/h2-6,8H,7H2,1H3. The average Bonchev–Trinajstić information content (AvgIpc) is 2.28. The van der Waals surface area contributed by atoms with Crippen LogP contribution >= 0.6 is 0 Å². The molecule has 0 aliphatic carbocycles. The lowest BCUT2D eigenvalue weighted by molar-refractivity contribution is 0.292. The largest absolute Gasteiger partial charge is 0.473 e. The third-order valence-corrected chi connectivity index (χ3v) is 1.89. The molecule has 0 amide bonds. The lowest BCUT2D eigenvalue weighted by Crippen LogP contribution is -1.98. The van der Waals surface area contributed by atoms with Crippen LogP contribution in [0.15, 0.2) is 36.9 Å². The zero-order valence-corrected chi connectivity index (χ0v) is 8.42. The van der Waals surface area contributed by atoms with Crippen LogP contribution in [0.4, 0.5) is 0 Å². The Bertz CT molecular complexity index is 431. The van der Waals surface area contributed by atoms with E-state index in [4.69, 9.17) is 4.74 Å². The van der Waals surface area contributed by atoms with Gasteiger partial charge in [-0.1, -0.05) is 6.07 Å². The van der Waals surface area contributed by atoms with Crippen molar-refractivity contribution in [3.05, 3.63) is 48.2 Å². The summed E-state index contributed by atoms with van der Waals surface area (Å²) < 4.78 is 5.48. The van der Waals surface area contributed by atoms with Crippen LogP contribution in [0.25, 0.3) is 0 Å². The highest BCUT2D eigenvalue weighted by Crippen LogP contribution is 2.08. The first kappa shape index (κ1) is 9.58. The van der Waals surface area contributed by atoms with Crippen molar-refractivity contribution in [1.29, 1.82) is 0 Å². The normalized spacial score (nSPS) is 9.93. The molecule has 2 aromatic rings. The highest BCUT2D eigenvalue weighted by atomic mass is 16.5. The maximum absolute atomic E-state index is 5.48. The van der Waals surface area contributed by atoms with E-state index < -0.39 is 0 Å². The van der Waals surface area contributed by atoms with E-state index >= 15 is 0 Å². The molecular formula is C11H11N3O. The molecule has 0 spiro atoms. The summed E-state index contributed by atoms with van der Waals surface area (Å²) in [5.41, 5.74) is 1.92. The molecule has 15 heavy (non-hydrogen) atoms. The van der Waals surface area contributed by atoms with Crippen molar-refractivity contribution in [2.45, 2.75) is 13.5 Å². The highest BCUT2D eigenvalue weighted by molar-refractivity contribution is 5.13. The van der Waals surface area contributed by atoms with Gasteiger partial charge in [0.25, 0.3) is 0 Å². The first-order valence-electron chi connectivity index (χ1n) is 4.65. The second kappa shape index (κ2) is 4.50. The molecule has 0 unspecified atom stereocenters. The molecule has 0 aliphatic heterocycles. The number of hydrogen-bond acceptors (Lipinski definition) is 4. The third kappa shape index (κ3) is 2.74. The number of ether oxygens (including phenoxy) is 1. The van der Waals surface area contributed by atoms with Crippen molar-refractivity contribution >= 4 is 0 Å². The van der Waals surface area contributed by atoms with E-state index in [1.54, 1.807) is 18.5 Å². The average molecular weight is 201 g/mol. The summed E-state index contributed by atoms with van der Waals surface area (Å²) in [5, 5.41) is 0. The van der Waals surface area contributed by atoms with Gasteiger partial charge in [0.1, 0.15) is 12.9 Å². The number of nitrogens with zero attached hydrogens (tertiary/aromatic N) is 3. The molecule has 0 saturated heterocycles. The molecule has 0 aliphatic rings. The summed E-state index contributed by atoms with van der Waals surface area (Å²) in [4.78, 5) is 12.0. The summed E-state index contributed by atoms with van der Waals surface area (Å²) >= 11 is 0. The first-order chi connectivity index (χ1) is 7.34. The Morgan fingerprint density at radius 1 is 1.33 bits per heavy atom. The Kier molecular flexibility index (Phi) is 2.88. The molecule has 0 N–H and O–H groups in total. The summed E-state index contributed by atoms with van der Waals surface area (Å²) in [6.45, 7) is 2.38. The smallest absolute Gasteiger partial charge is 0.216 e. The van der Waals surface area contributed by atoms with Gasteiger partial charge in [0, 0.05) is 29.7 Å². The number of aryl methyl sites for hydroxylation is 1. The van der Waals surface area contributed by atoms with Gasteiger partial charge >= 0.3 is 0 Å². The van der Waals surface area contributed by atoms with Gasteiger partial charge in [-0.25, -0.2) is 9.97 Å². The fraction of sp³-hybridized carbons (Fsp3) is 0.182. The van der Waals surface area contributed by atoms with Crippen LogP contribution < -0.4 is 4.74 Å². The molecule has 0 fully saturated rings. The number of pyridine rings is 1. The van der Waals surface area contributed by atoms with E-state index in [2.05, 4.69) is 15.0 Å². The lowest BCUT2D eigenvalue weighted by atomic mass is 10.3. The fourth-order valence-electron chi connectivity index (χ4n) is 1.15. The van der Waals surface area contributed by atoms with Crippen molar-refractivity contribution in [3.8, 4) is 5.88 Å². The van der Waals surface area contributed by atoms with Crippen LogP contribution in [-0.2, 0) is 6.61 Å². The van der Waals surface area contributed by atoms with Crippen LogP contribution in [-0.4, -0.2) is 15.0 Å². The molecule has 4 nitrogen and oxygen atoms in total. The predicted molar refractivity (Wildman–Crippen MR) is 55.3 cm³/mol. The van der Waals surface area contributed by atoms with Crippen molar-refractivity contribution in [2.75, 3.05) is 0 Å². The first-order valence-corrected chi connectivity index (χ1v) is 4.65. The molecule has 4 heteroatoms. The second-order valence-electron chi connectivity index (χ2n) is 3.15. The Morgan fingerprint density at radius 2 is 2.27 bits per heavy atom. The molecule has 2 aromatic heterocycles. The van der Waals surface area contributed by atoms with Crippen molar-refractivity contribution in [1.82, 2.24) is 15.0 Å². The monoisotopic (exact) mass is 201 g/mol. The van der Waals surface area contributed by atoms with E-state index in [0.29, 0.717) is 12.5 Å². The predicted octanol–water partition coefficient (Wildman–Crippen LogP) is 1.76. The molecule has 2 rings (SSSR count). The van der Waals surface area contributed by atoms with Crippen molar-refractivity contribution in [3.63, 3.8) is 0 Å². The van der Waals surface area contributed by atoms with E-state index in [0.717, 1.165) is 11.3 Å². The van der Waals surface area contributed by atoms with Gasteiger partial charge in [0.05, 0.1) is 0 Å². The van der Waals surface area contributed by atoms with Gasteiger partial charge in [-0.2, -0.15) is 0 Å². The Morgan fingerprint density at radius 3 is 3.00 bits per heavy atom. The third-order valence-electron chi connectivity index (χ3n) is 1.89. The molecule has 76 valence electrons. The SMILES string of the molecule is Cc1cc(OCc2cccnc2)ncn1. The van der Waals surface area contributed by atoms with Crippen LogP contribution in [0.5, 0.6) is 5.88 Å². The van der Waals surface area contributed by atoms with E-state index in [-0.39, 0.29) is 0 Å². The zero-order valence-electron chi connectivity index (χ0n) is 8.42. The van der Waals surface area contributed by atoms with Crippen LogP contribution in [0.3, 0.4) is 0 Å². The van der Waals surface area contributed by atoms with E-state index in [1.807, 2.05) is 19.1 Å². The van der Waals surface area contributed by atoms with Gasteiger partial charge in [0.15, 0.2) is 0 Å². The molecule has 0 bridgehead atoms. The topological polar surface area (TPSA) is 47.9 Å². The van der Waals surface area contributed by atoms with Gasteiger partial charge in [-0.3, -0.25) is 4.98 Å². The molecular weight excluding hydrogens is 190 g/mol. The lowest BCUT2D eigenvalue weighted by Gasteiger charge is -2.04. The Hall–Kier alpha value is -1.97. The van der Waals surface area contributed by atoms with Gasteiger partial charge in [-0.05, 0) is 13.0 Å². The van der Waals surface area contributed by atoms with Gasteiger partial charge < -0.3 is 4.74 Å². The number of aromatic nitrogens is 3. The Labute approximate surface area is 88.0 Å². The maximum atomic E-state index is 5.48.